The number of aromatic nitrogens is 2. The van der Waals surface area contributed by atoms with Gasteiger partial charge in [-0.2, -0.15) is 4.31 Å². The van der Waals surface area contributed by atoms with Gasteiger partial charge in [0.2, 0.25) is 15.9 Å². The number of sulfonamides is 1. The van der Waals surface area contributed by atoms with Gasteiger partial charge in [-0.25, -0.2) is 13.4 Å². The minimum atomic E-state index is -3.66. The lowest BCUT2D eigenvalue weighted by atomic mass is 9.97. The summed E-state index contributed by atoms with van der Waals surface area (Å²) >= 11 is 2.91. The molecule has 1 amide bonds. The second kappa shape index (κ2) is 11.7. The molecule has 0 unspecified atom stereocenters. The quantitative estimate of drug-likeness (QED) is 0.261. The molecule has 39 heavy (non-hydrogen) atoms. The van der Waals surface area contributed by atoms with E-state index in [2.05, 4.69) is 5.32 Å². The number of nitrogens with one attached hydrogen (secondary N) is 1. The highest BCUT2D eigenvalue weighted by atomic mass is 32.2. The number of hydrogen-bond acceptors (Lipinski definition) is 7. The van der Waals surface area contributed by atoms with Gasteiger partial charge in [-0.3, -0.25) is 14.2 Å². The molecule has 2 heterocycles. The predicted molar refractivity (Wildman–Crippen MR) is 159 cm³/mol. The van der Waals surface area contributed by atoms with Gasteiger partial charge in [0.1, 0.15) is 4.83 Å². The molecule has 0 radical (unpaired) electrons. The number of nitrogens with zero attached hydrogens (tertiary/aromatic N) is 3. The fraction of sp³-hybridized carbons (Fsp3) is 0.536. The smallest absolute Gasteiger partial charge is 0.263 e. The van der Waals surface area contributed by atoms with Crippen LogP contribution in [-0.4, -0.2) is 47.0 Å². The Bertz CT molecular complexity index is 1550. The average Bonchev–Trinajstić information content (AvgIpc) is 3.57. The molecule has 1 fully saturated rings. The van der Waals surface area contributed by atoms with Crippen LogP contribution in [0.4, 0.5) is 5.69 Å². The van der Waals surface area contributed by atoms with Gasteiger partial charge in [-0.05, 0) is 68.7 Å². The molecule has 2 aliphatic rings. The largest absolute Gasteiger partial charge is 0.325 e. The van der Waals surface area contributed by atoms with Crippen LogP contribution in [0.2, 0.25) is 0 Å². The summed E-state index contributed by atoms with van der Waals surface area (Å²) in [6.45, 7) is 6.12. The van der Waals surface area contributed by atoms with Crippen molar-refractivity contribution in [3.05, 3.63) is 44.6 Å². The van der Waals surface area contributed by atoms with Gasteiger partial charge in [0.05, 0.1) is 16.0 Å². The number of aryl methyl sites for hydroxylation is 3. The number of hydrogen-bond donors (Lipinski definition) is 1. The number of anilines is 1. The third-order valence-corrected chi connectivity index (χ3v) is 12.1. The third-order valence-electron chi connectivity index (χ3n) is 7.81. The Hall–Kier alpha value is -2.21. The molecule has 0 atom stereocenters. The Morgan fingerprint density at radius 3 is 2.59 bits per heavy atom. The van der Waals surface area contributed by atoms with Crippen LogP contribution in [0.5, 0.6) is 0 Å². The molecule has 1 N–H and O–H groups in total. The predicted octanol–water partition coefficient (Wildman–Crippen LogP) is 5.52. The molecule has 0 bridgehead atoms. The molecular weight excluding hydrogens is 553 g/mol. The molecule has 2 aromatic heterocycles. The van der Waals surface area contributed by atoms with E-state index in [1.54, 1.807) is 44.2 Å². The summed E-state index contributed by atoms with van der Waals surface area (Å²) in [4.78, 5) is 34.0. The summed E-state index contributed by atoms with van der Waals surface area (Å²) in [5, 5.41) is 4.24. The molecule has 0 aliphatic heterocycles. The van der Waals surface area contributed by atoms with Gasteiger partial charge in [0.25, 0.3) is 5.56 Å². The van der Waals surface area contributed by atoms with Crippen LogP contribution >= 0.6 is 23.1 Å². The van der Waals surface area contributed by atoms with Crippen LogP contribution < -0.4 is 10.9 Å². The van der Waals surface area contributed by atoms with E-state index in [-0.39, 0.29) is 28.2 Å². The maximum atomic E-state index is 13.8. The van der Waals surface area contributed by atoms with Crippen LogP contribution in [-0.2, 0) is 27.7 Å². The van der Waals surface area contributed by atoms with Crippen molar-refractivity contribution < 1.29 is 13.2 Å². The standard InChI is InChI=1S/C28H36N4O4S3/c1-4-31(5-2)39(35,36)23-16-19(15-14-18(23)3)29-24(33)17-37-28-30-26-25(21-12-8-9-13-22(21)38-26)27(34)32(28)20-10-6-7-11-20/h14-16,20H,4-13,17H2,1-3H3,(H,29,33). The van der Waals surface area contributed by atoms with Crippen molar-refractivity contribution in [2.75, 3.05) is 24.2 Å². The SMILES string of the molecule is CCN(CC)S(=O)(=O)c1cc(NC(=O)CSc2nc3sc4c(c3c(=O)n2C2CCCC2)CCCC4)ccc1C. The van der Waals surface area contributed by atoms with Gasteiger partial charge in [-0.1, -0.05) is 44.5 Å². The number of thiophene rings is 1. The topological polar surface area (TPSA) is 101 Å². The number of rotatable bonds is 9. The summed E-state index contributed by atoms with van der Waals surface area (Å²) in [5.74, 6) is -0.199. The monoisotopic (exact) mass is 588 g/mol. The first-order chi connectivity index (χ1) is 18.7. The first kappa shape index (κ1) is 28.3. The Morgan fingerprint density at radius 2 is 1.87 bits per heavy atom. The molecule has 0 spiro atoms. The molecule has 0 saturated heterocycles. The second-order valence-electron chi connectivity index (χ2n) is 10.3. The lowest BCUT2D eigenvalue weighted by Gasteiger charge is -2.20. The van der Waals surface area contributed by atoms with E-state index in [0.717, 1.165) is 61.6 Å². The van der Waals surface area contributed by atoms with Crippen LogP contribution in [0, 0.1) is 6.92 Å². The van der Waals surface area contributed by atoms with Crippen LogP contribution in [0.3, 0.4) is 0 Å². The Labute approximate surface area is 238 Å². The highest BCUT2D eigenvalue weighted by Gasteiger charge is 2.28. The van der Waals surface area contributed by atoms with Gasteiger partial charge >= 0.3 is 0 Å². The Kier molecular flexibility index (Phi) is 8.51. The maximum Gasteiger partial charge on any atom is 0.263 e. The van der Waals surface area contributed by atoms with Crippen LogP contribution in [0.1, 0.15) is 74.4 Å². The molecule has 1 saturated carbocycles. The van der Waals surface area contributed by atoms with E-state index in [4.69, 9.17) is 4.98 Å². The molecule has 11 heteroatoms. The summed E-state index contributed by atoms with van der Waals surface area (Å²) < 4.78 is 29.5. The fourth-order valence-electron chi connectivity index (χ4n) is 5.77. The van der Waals surface area contributed by atoms with Crippen molar-refractivity contribution in [3.63, 3.8) is 0 Å². The molecule has 210 valence electrons. The van der Waals surface area contributed by atoms with Crippen molar-refractivity contribution >= 4 is 54.9 Å². The number of benzene rings is 1. The second-order valence-corrected chi connectivity index (χ2v) is 14.2. The summed E-state index contributed by atoms with van der Waals surface area (Å²) in [5.41, 5.74) is 2.29. The molecule has 8 nitrogen and oxygen atoms in total. The zero-order chi connectivity index (χ0) is 27.7. The van der Waals surface area contributed by atoms with Gasteiger partial charge in [-0.15, -0.1) is 11.3 Å². The molecule has 2 aliphatic carbocycles. The number of thioether (sulfide) groups is 1. The first-order valence-corrected chi connectivity index (χ1v) is 17.1. The van der Waals surface area contributed by atoms with E-state index in [0.29, 0.717) is 29.5 Å². The van der Waals surface area contributed by atoms with E-state index in [1.165, 1.54) is 32.6 Å². The first-order valence-electron chi connectivity index (χ1n) is 13.8. The lowest BCUT2D eigenvalue weighted by Crippen LogP contribution is -2.31. The zero-order valence-corrected chi connectivity index (χ0v) is 25.2. The normalized spacial score (nSPS) is 16.2. The van der Waals surface area contributed by atoms with E-state index in [9.17, 15) is 18.0 Å². The lowest BCUT2D eigenvalue weighted by molar-refractivity contribution is -0.113. The summed E-state index contributed by atoms with van der Waals surface area (Å²) in [7, 11) is -3.66. The highest BCUT2D eigenvalue weighted by Crippen LogP contribution is 2.37. The van der Waals surface area contributed by atoms with Crippen molar-refractivity contribution in [2.24, 2.45) is 0 Å². The van der Waals surface area contributed by atoms with E-state index in [1.807, 2.05) is 4.57 Å². The van der Waals surface area contributed by atoms with Crippen molar-refractivity contribution in [1.29, 1.82) is 0 Å². The van der Waals surface area contributed by atoms with Crippen molar-refractivity contribution in [2.45, 2.75) is 88.2 Å². The van der Waals surface area contributed by atoms with Crippen molar-refractivity contribution in [1.82, 2.24) is 13.9 Å². The number of amides is 1. The molecule has 1 aromatic carbocycles. The Balaban J connectivity index is 1.39. The van der Waals surface area contributed by atoms with Crippen LogP contribution in [0.15, 0.2) is 33.0 Å². The van der Waals surface area contributed by atoms with Gasteiger partial charge in [0.15, 0.2) is 5.16 Å². The molecular formula is C28H36N4O4S3. The molecule has 3 aromatic rings. The summed E-state index contributed by atoms with van der Waals surface area (Å²) in [6, 6.07) is 5.07. The third kappa shape index (κ3) is 5.55. The van der Waals surface area contributed by atoms with Gasteiger partial charge in [0, 0.05) is 29.7 Å². The van der Waals surface area contributed by atoms with E-state index < -0.39 is 10.0 Å². The van der Waals surface area contributed by atoms with Gasteiger partial charge < -0.3 is 5.32 Å². The number of carbonyl (C=O) groups excluding carboxylic acids is 1. The Morgan fingerprint density at radius 1 is 1.15 bits per heavy atom. The maximum absolute atomic E-state index is 13.8. The summed E-state index contributed by atoms with van der Waals surface area (Å²) in [6.07, 6.45) is 8.28. The van der Waals surface area contributed by atoms with Crippen LogP contribution in [0.25, 0.3) is 10.2 Å². The molecule has 5 rings (SSSR count). The zero-order valence-electron chi connectivity index (χ0n) is 22.8. The van der Waals surface area contributed by atoms with Crippen molar-refractivity contribution in [3.8, 4) is 0 Å². The van der Waals surface area contributed by atoms with E-state index >= 15 is 0 Å². The fourth-order valence-corrected chi connectivity index (χ4v) is 9.65. The number of carbonyl (C=O) groups is 1. The highest BCUT2D eigenvalue weighted by molar-refractivity contribution is 7.99. The minimum absolute atomic E-state index is 0.0407. The number of fused-ring (bicyclic) bond motifs is 3. The minimum Gasteiger partial charge on any atom is -0.325 e. The average molecular weight is 589 g/mol.